The molecule has 37 heavy (non-hydrogen) atoms. The fraction of sp³-hybridized carbons (Fsp3) is 0.517. The van der Waals surface area contributed by atoms with E-state index in [4.69, 9.17) is 9.47 Å². The fourth-order valence-corrected chi connectivity index (χ4v) is 4.43. The van der Waals surface area contributed by atoms with Gasteiger partial charge in [-0.15, -0.1) is 0 Å². The molecule has 0 aliphatic carbocycles. The molecule has 1 fully saturated rings. The van der Waals surface area contributed by atoms with E-state index in [1.54, 1.807) is 7.05 Å². The summed E-state index contributed by atoms with van der Waals surface area (Å²) in [5.74, 6) is 0.947. The molecule has 8 heteroatoms. The van der Waals surface area contributed by atoms with Crippen LogP contribution in [0.15, 0.2) is 47.6 Å². The van der Waals surface area contributed by atoms with Gasteiger partial charge in [0.25, 0.3) is 0 Å². The van der Waals surface area contributed by atoms with Crippen molar-refractivity contribution in [2.75, 3.05) is 39.8 Å². The van der Waals surface area contributed by atoms with E-state index in [0.717, 1.165) is 48.8 Å². The topological polar surface area (TPSA) is 97.3 Å². The zero-order valence-corrected chi connectivity index (χ0v) is 22.4. The average molecular weight is 510 g/mol. The summed E-state index contributed by atoms with van der Waals surface area (Å²) in [6.07, 6.45) is 4.21. The number of nitrogens with zero attached hydrogens (tertiary/aromatic N) is 2. The molecule has 8 nitrogen and oxygen atoms in total. The molecule has 0 aromatic heterocycles. The molecule has 1 saturated heterocycles. The van der Waals surface area contributed by atoms with Gasteiger partial charge < -0.3 is 19.7 Å². The van der Waals surface area contributed by atoms with Crippen LogP contribution in [0.2, 0.25) is 0 Å². The first-order valence-electron chi connectivity index (χ1n) is 12.9. The Bertz CT molecular complexity index is 1050. The maximum atomic E-state index is 12.4. The van der Waals surface area contributed by atoms with E-state index < -0.39 is 0 Å². The van der Waals surface area contributed by atoms with Gasteiger partial charge >= 0.3 is 6.09 Å². The lowest BCUT2D eigenvalue weighted by Gasteiger charge is -2.44. The zero-order valence-electron chi connectivity index (χ0n) is 22.4. The van der Waals surface area contributed by atoms with Gasteiger partial charge in [-0.2, -0.15) is 4.91 Å². The molecule has 2 aliphatic heterocycles. The normalized spacial score (nSPS) is 16.1. The molecule has 0 bridgehead atoms. The van der Waals surface area contributed by atoms with E-state index in [1.807, 2.05) is 29.2 Å². The molecular formula is C29H39N3O5. The smallest absolute Gasteiger partial charge is 0.409 e. The van der Waals surface area contributed by atoms with Crippen molar-refractivity contribution in [1.82, 2.24) is 10.2 Å². The highest BCUT2D eigenvalue weighted by Gasteiger charge is 2.41. The predicted octanol–water partition coefficient (Wildman–Crippen LogP) is 5.48. The lowest BCUT2D eigenvalue weighted by atomic mass is 9.82. The predicted molar refractivity (Wildman–Crippen MR) is 145 cm³/mol. The van der Waals surface area contributed by atoms with Crippen LogP contribution in [0.4, 0.5) is 4.79 Å². The first-order valence-corrected chi connectivity index (χ1v) is 12.9. The van der Waals surface area contributed by atoms with Crippen LogP contribution >= 0.6 is 0 Å². The molecule has 1 amide bonds. The van der Waals surface area contributed by atoms with Gasteiger partial charge in [0.2, 0.25) is 0 Å². The molecule has 0 atom stereocenters. The van der Waals surface area contributed by atoms with E-state index in [0.29, 0.717) is 38.3 Å². The summed E-state index contributed by atoms with van der Waals surface area (Å²) in [5.41, 5.74) is 3.90. The highest BCUT2D eigenvalue weighted by atomic mass is 16.6. The van der Waals surface area contributed by atoms with Crippen LogP contribution in [0.3, 0.4) is 0 Å². The van der Waals surface area contributed by atoms with E-state index >= 15 is 0 Å². The number of ether oxygens (including phenoxy) is 2. The van der Waals surface area contributed by atoms with Gasteiger partial charge in [0.15, 0.2) is 0 Å². The van der Waals surface area contributed by atoms with Crippen LogP contribution in [0.1, 0.15) is 56.0 Å². The van der Waals surface area contributed by atoms with Crippen molar-refractivity contribution in [2.24, 2.45) is 10.6 Å². The van der Waals surface area contributed by atoms with Gasteiger partial charge in [-0.1, -0.05) is 56.3 Å². The Hall–Kier alpha value is -3.26. The fourth-order valence-electron chi connectivity index (χ4n) is 4.43. The molecule has 1 N–H and O–H groups in total. The number of piperidine rings is 1. The standard InChI is InChI=1S/C26H31NO4.C3H8N2O/c1-25(2,3)18-30-24(29)27-14-12-26(13-15-27)11-10-22-16-21(8-9-23(22)31-26)20-6-4-19(17-28)5-7-20;1-4-2-3-5-6/h4-9,16-17H,10-15,18H2,1-3H3;4H,2-3H2,1H3. The molecule has 1 spiro atoms. The van der Waals surface area contributed by atoms with Crippen molar-refractivity contribution in [1.29, 1.82) is 0 Å². The summed E-state index contributed by atoms with van der Waals surface area (Å²) in [4.78, 5) is 34.3. The Balaban J connectivity index is 0.000000568. The molecule has 200 valence electrons. The van der Waals surface area contributed by atoms with E-state index in [1.165, 1.54) is 5.56 Å². The minimum absolute atomic E-state index is 0.0295. The second kappa shape index (κ2) is 12.8. The Morgan fingerprint density at radius 1 is 1.11 bits per heavy atom. The molecule has 2 aromatic carbocycles. The van der Waals surface area contributed by atoms with Gasteiger partial charge in [0.1, 0.15) is 17.6 Å². The summed E-state index contributed by atoms with van der Waals surface area (Å²) >= 11 is 0. The summed E-state index contributed by atoms with van der Waals surface area (Å²) in [6.45, 7) is 9.00. The molecule has 2 heterocycles. The van der Waals surface area contributed by atoms with E-state index in [9.17, 15) is 14.5 Å². The molecule has 0 saturated carbocycles. The molecule has 2 aliphatic rings. The number of rotatable bonds is 6. The van der Waals surface area contributed by atoms with Crippen molar-refractivity contribution >= 4 is 12.4 Å². The second-order valence-corrected chi connectivity index (χ2v) is 10.9. The monoisotopic (exact) mass is 509 g/mol. The number of nitrogens with one attached hydrogen (secondary N) is 1. The van der Waals surface area contributed by atoms with Gasteiger partial charge in [0, 0.05) is 38.0 Å². The molecule has 2 aromatic rings. The number of benzene rings is 2. The summed E-state index contributed by atoms with van der Waals surface area (Å²) in [7, 11) is 1.78. The minimum Gasteiger partial charge on any atom is -0.487 e. The third kappa shape index (κ3) is 8.12. The van der Waals surface area contributed by atoms with E-state index in [-0.39, 0.29) is 17.1 Å². The van der Waals surface area contributed by atoms with Gasteiger partial charge in [0.05, 0.1) is 13.2 Å². The van der Waals surface area contributed by atoms with Crippen molar-refractivity contribution in [3.05, 3.63) is 58.5 Å². The minimum atomic E-state index is -0.216. The van der Waals surface area contributed by atoms with Gasteiger partial charge in [-0.3, -0.25) is 4.79 Å². The number of likely N-dealkylation sites (N-methyl/N-ethyl adjacent to an activating group) is 1. The van der Waals surface area contributed by atoms with Crippen LogP contribution in [-0.2, 0) is 11.2 Å². The number of amides is 1. The Labute approximate surface area is 219 Å². The Morgan fingerprint density at radius 3 is 2.35 bits per heavy atom. The number of fused-ring (bicyclic) bond motifs is 1. The lowest BCUT2D eigenvalue weighted by Crippen LogP contribution is -2.51. The summed E-state index contributed by atoms with van der Waals surface area (Å²) in [5, 5.41) is 5.39. The number of aryl methyl sites for hydroxylation is 1. The molecular weight excluding hydrogens is 470 g/mol. The number of likely N-dealkylation sites (tertiary alicyclic amines) is 1. The molecule has 4 rings (SSSR count). The summed E-state index contributed by atoms with van der Waals surface area (Å²) in [6, 6.07) is 14.0. The maximum Gasteiger partial charge on any atom is 0.409 e. The third-order valence-corrected chi connectivity index (χ3v) is 6.63. The zero-order chi connectivity index (χ0) is 26.9. The Morgan fingerprint density at radius 2 is 1.78 bits per heavy atom. The van der Waals surface area contributed by atoms with Crippen molar-refractivity contribution in [2.45, 2.75) is 52.1 Å². The van der Waals surface area contributed by atoms with Gasteiger partial charge in [-0.05, 0) is 54.1 Å². The number of aldehydes is 1. The highest BCUT2D eigenvalue weighted by molar-refractivity contribution is 5.77. The van der Waals surface area contributed by atoms with Crippen molar-refractivity contribution in [3.63, 3.8) is 0 Å². The average Bonchev–Trinajstić information content (AvgIpc) is 2.91. The second-order valence-electron chi connectivity index (χ2n) is 10.9. The van der Waals surface area contributed by atoms with Crippen LogP contribution in [0.25, 0.3) is 11.1 Å². The SMILES string of the molecule is CC(C)(C)COC(=O)N1CCC2(CCc3cc(-c4ccc(C=O)cc4)ccc3O2)CC1.CNCCN=O. The van der Waals surface area contributed by atoms with Crippen LogP contribution < -0.4 is 10.1 Å². The van der Waals surface area contributed by atoms with Crippen LogP contribution in [0.5, 0.6) is 5.75 Å². The number of hydrogen-bond donors (Lipinski definition) is 1. The number of nitroso groups, excluding NO2 is 1. The Kier molecular flexibility index (Phi) is 9.80. The summed E-state index contributed by atoms with van der Waals surface area (Å²) < 4.78 is 12.0. The van der Waals surface area contributed by atoms with Gasteiger partial charge in [-0.25, -0.2) is 4.79 Å². The number of carbonyl (C=O) groups excluding carboxylic acids is 2. The largest absolute Gasteiger partial charge is 0.487 e. The quantitative estimate of drug-likeness (QED) is 0.315. The highest BCUT2D eigenvalue weighted by Crippen LogP contribution is 2.41. The number of hydrogen-bond acceptors (Lipinski definition) is 7. The first kappa shape index (κ1) is 28.3. The maximum absolute atomic E-state index is 12.4. The van der Waals surface area contributed by atoms with Crippen molar-refractivity contribution in [3.8, 4) is 16.9 Å². The lowest BCUT2D eigenvalue weighted by molar-refractivity contribution is -0.0171. The van der Waals surface area contributed by atoms with Crippen LogP contribution in [0, 0.1) is 10.3 Å². The molecule has 0 unspecified atom stereocenters. The third-order valence-electron chi connectivity index (χ3n) is 6.63. The van der Waals surface area contributed by atoms with Crippen molar-refractivity contribution < 1.29 is 19.1 Å². The van der Waals surface area contributed by atoms with E-state index in [2.05, 4.69) is 49.5 Å². The molecule has 0 radical (unpaired) electrons. The van der Waals surface area contributed by atoms with Crippen LogP contribution in [-0.4, -0.2) is 62.7 Å². The first-order chi connectivity index (χ1) is 17.7. The number of carbonyl (C=O) groups is 2.